The van der Waals surface area contributed by atoms with Crippen molar-refractivity contribution in [2.45, 2.75) is 48.7 Å². The molecule has 0 radical (unpaired) electrons. The van der Waals surface area contributed by atoms with Gasteiger partial charge < -0.3 is 9.64 Å². The normalized spacial score (nSPS) is 34.0. The van der Waals surface area contributed by atoms with Crippen molar-refractivity contribution >= 4 is 10.0 Å². The number of sulfonamides is 1. The molecule has 4 atom stereocenters. The molecule has 0 aromatic heterocycles. The van der Waals surface area contributed by atoms with Crippen molar-refractivity contribution in [1.29, 1.82) is 0 Å². The molecule has 2 saturated heterocycles. The number of piperidine rings is 1. The minimum atomic E-state index is -3.44. The third kappa shape index (κ3) is 3.67. The summed E-state index contributed by atoms with van der Waals surface area (Å²) in [6, 6.07) is 8.53. The monoisotopic (exact) mass is 402 g/mol. The predicted molar refractivity (Wildman–Crippen MR) is 108 cm³/mol. The Morgan fingerprint density at radius 2 is 1.86 bits per heavy atom. The van der Waals surface area contributed by atoms with Crippen LogP contribution in [0, 0.1) is 17.8 Å². The highest BCUT2D eigenvalue weighted by Gasteiger charge is 2.47. The minimum absolute atomic E-state index is 0.000686. The summed E-state index contributed by atoms with van der Waals surface area (Å²) in [7, 11) is -3.44. The predicted octanol–water partition coefficient (Wildman–Crippen LogP) is 2.80. The molecule has 2 bridgehead atoms. The van der Waals surface area contributed by atoms with Crippen LogP contribution in [0.25, 0.3) is 0 Å². The molecule has 3 fully saturated rings. The molecule has 5 rings (SSSR count). The van der Waals surface area contributed by atoms with Gasteiger partial charge in [-0.2, -0.15) is 0 Å². The number of hydrogen-bond acceptors (Lipinski definition) is 4. The van der Waals surface area contributed by atoms with Crippen LogP contribution in [-0.4, -0.2) is 51.2 Å². The Hall–Kier alpha value is -1.21. The Bertz CT molecular complexity index is 823. The fourth-order valence-corrected chi connectivity index (χ4v) is 6.75. The zero-order valence-corrected chi connectivity index (χ0v) is 17.1. The van der Waals surface area contributed by atoms with Crippen LogP contribution in [0.1, 0.15) is 32.1 Å². The summed E-state index contributed by atoms with van der Waals surface area (Å²) in [4.78, 5) is 2.94. The molecule has 6 heteroatoms. The number of rotatable bonds is 6. The van der Waals surface area contributed by atoms with Gasteiger partial charge in [0.25, 0.3) is 0 Å². The lowest BCUT2D eigenvalue weighted by Crippen LogP contribution is -2.59. The van der Waals surface area contributed by atoms with E-state index in [0.717, 1.165) is 50.1 Å². The van der Waals surface area contributed by atoms with Crippen molar-refractivity contribution in [3.05, 3.63) is 42.5 Å². The van der Waals surface area contributed by atoms with E-state index in [0.29, 0.717) is 11.4 Å². The second kappa shape index (κ2) is 7.24. The number of ether oxygens (including phenoxy) is 1. The standard InChI is InChI=1S/C22H30N2O3S/c25-28(26,21-4-2-1-3-5-21)23-15-20-14-22(27-20)8-10-24(11-9-22)16-19-13-17-6-7-18(19)12-17/h1-7,17-20,23H,8-16H2/t17-,18+,19-,20-/m1/s1. The number of nitrogens with one attached hydrogen (secondary N) is 1. The Kier molecular flexibility index (Phi) is 4.86. The van der Waals surface area contributed by atoms with E-state index in [4.69, 9.17) is 4.74 Å². The number of allylic oxidation sites excluding steroid dienone is 2. The van der Waals surface area contributed by atoms with Gasteiger partial charge in [0.2, 0.25) is 10.0 Å². The highest BCUT2D eigenvalue weighted by atomic mass is 32.2. The van der Waals surface area contributed by atoms with E-state index in [1.54, 1.807) is 24.3 Å². The average Bonchev–Trinajstić information content (AvgIpc) is 3.30. The first-order valence-electron chi connectivity index (χ1n) is 10.6. The van der Waals surface area contributed by atoms with Crippen LogP contribution in [0.5, 0.6) is 0 Å². The second-order valence-corrected chi connectivity index (χ2v) is 10.9. The zero-order chi connectivity index (χ0) is 19.2. The minimum Gasteiger partial charge on any atom is -0.370 e. The molecule has 2 aliphatic carbocycles. The van der Waals surface area contributed by atoms with Crippen molar-refractivity contribution in [1.82, 2.24) is 9.62 Å². The molecule has 1 N–H and O–H groups in total. The highest BCUT2D eigenvalue weighted by Crippen LogP contribution is 2.45. The van der Waals surface area contributed by atoms with Gasteiger partial charge in [0.05, 0.1) is 16.6 Å². The molecule has 2 heterocycles. The van der Waals surface area contributed by atoms with Crippen LogP contribution in [-0.2, 0) is 14.8 Å². The van der Waals surface area contributed by atoms with Gasteiger partial charge >= 0.3 is 0 Å². The summed E-state index contributed by atoms with van der Waals surface area (Å²) in [6.07, 6.45) is 10.7. The van der Waals surface area contributed by atoms with Crippen LogP contribution in [0.4, 0.5) is 0 Å². The first kappa shape index (κ1) is 18.8. The molecule has 28 heavy (non-hydrogen) atoms. The fourth-order valence-electron chi connectivity index (χ4n) is 5.66. The van der Waals surface area contributed by atoms with Crippen LogP contribution >= 0.6 is 0 Å². The first-order valence-corrected chi connectivity index (χ1v) is 12.1. The van der Waals surface area contributed by atoms with Gasteiger partial charge in [-0.25, -0.2) is 13.1 Å². The Morgan fingerprint density at radius 1 is 1.11 bits per heavy atom. The number of likely N-dealkylation sites (tertiary alicyclic amines) is 1. The summed E-state index contributed by atoms with van der Waals surface area (Å²) < 4.78 is 33.6. The van der Waals surface area contributed by atoms with E-state index in [-0.39, 0.29) is 11.7 Å². The van der Waals surface area contributed by atoms with Gasteiger partial charge in [-0.15, -0.1) is 0 Å². The van der Waals surface area contributed by atoms with Crippen LogP contribution in [0.2, 0.25) is 0 Å². The molecule has 1 aromatic rings. The zero-order valence-electron chi connectivity index (χ0n) is 16.3. The van der Waals surface area contributed by atoms with E-state index in [2.05, 4.69) is 21.8 Å². The quantitative estimate of drug-likeness (QED) is 0.744. The number of fused-ring (bicyclic) bond motifs is 2. The van der Waals surface area contributed by atoms with Gasteiger partial charge in [-0.1, -0.05) is 30.4 Å². The molecule has 1 spiro atoms. The van der Waals surface area contributed by atoms with E-state index in [9.17, 15) is 8.42 Å². The van der Waals surface area contributed by atoms with Crippen molar-refractivity contribution in [3.8, 4) is 0 Å². The maximum Gasteiger partial charge on any atom is 0.240 e. The summed E-state index contributed by atoms with van der Waals surface area (Å²) in [5.74, 6) is 2.52. The third-order valence-electron chi connectivity index (χ3n) is 7.25. The molecule has 152 valence electrons. The third-order valence-corrected chi connectivity index (χ3v) is 8.69. The lowest BCUT2D eigenvalue weighted by atomic mass is 9.80. The lowest BCUT2D eigenvalue weighted by Gasteiger charge is -2.52. The SMILES string of the molecule is O=S(=O)(NC[C@H]1CC2(CCN(C[C@H]3C[C@@H]4C=C[C@H]3C4)CC2)O1)c1ccccc1. The fraction of sp³-hybridized carbons (Fsp3) is 0.636. The smallest absolute Gasteiger partial charge is 0.240 e. The summed E-state index contributed by atoms with van der Waals surface area (Å²) >= 11 is 0. The molecule has 0 unspecified atom stereocenters. The van der Waals surface area contributed by atoms with Crippen molar-refractivity contribution in [2.24, 2.45) is 17.8 Å². The van der Waals surface area contributed by atoms with Gasteiger partial charge in [-0.3, -0.25) is 0 Å². The van der Waals surface area contributed by atoms with Gasteiger partial charge in [-0.05, 0) is 55.6 Å². The second-order valence-electron chi connectivity index (χ2n) is 9.13. The summed E-state index contributed by atoms with van der Waals surface area (Å²) in [5.41, 5.74) is -0.00601. The molecular formula is C22H30N2O3S. The van der Waals surface area contributed by atoms with Crippen molar-refractivity contribution < 1.29 is 13.2 Å². The van der Waals surface area contributed by atoms with E-state index in [1.165, 1.54) is 19.4 Å². The topological polar surface area (TPSA) is 58.6 Å². The van der Waals surface area contributed by atoms with Crippen LogP contribution in [0.15, 0.2) is 47.4 Å². The summed E-state index contributed by atoms with van der Waals surface area (Å²) in [5, 5.41) is 0. The Labute approximate surface area is 168 Å². The number of hydrogen-bond donors (Lipinski definition) is 1. The van der Waals surface area contributed by atoms with Crippen molar-refractivity contribution in [3.63, 3.8) is 0 Å². The Morgan fingerprint density at radius 3 is 2.50 bits per heavy atom. The maximum absolute atomic E-state index is 12.3. The highest BCUT2D eigenvalue weighted by molar-refractivity contribution is 7.89. The van der Waals surface area contributed by atoms with Gasteiger partial charge in [0.1, 0.15) is 0 Å². The maximum atomic E-state index is 12.3. The molecule has 4 aliphatic rings. The van der Waals surface area contributed by atoms with Crippen LogP contribution in [0.3, 0.4) is 0 Å². The lowest BCUT2D eigenvalue weighted by molar-refractivity contribution is -0.222. The van der Waals surface area contributed by atoms with Crippen LogP contribution < -0.4 is 4.72 Å². The van der Waals surface area contributed by atoms with Crippen molar-refractivity contribution in [2.75, 3.05) is 26.2 Å². The summed E-state index contributed by atoms with van der Waals surface area (Å²) in [6.45, 7) is 3.82. The average molecular weight is 403 g/mol. The van der Waals surface area contributed by atoms with E-state index >= 15 is 0 Å². The van der Waals surface area contributed by atoms with E-state index < -0.39 is 10.0 Å². The number of nitrogens with zero attached hydrogens (tertiary/aromatic N) is 1. The van der Waals surface area contributed by atoms with Gasteiger partial charge in [0.15, 0.2) is 0 Å². The molecular weight excluding hydrogens is 372 g/mol. The molecule has 0 amide bonds. The Balaban J connectivity index is 1.06. The first-order chi connectivity index (χ1) is 13.5. The number of benzene rings is 1. The molecule has 1 saturated carbocycles. The molecule has 5 nitrogen and oxygen atoms in total. The largest absolute Gasteiger partial charge is 0.370 e. The molecule has 1 aromatic carbocycles. The van der Waals surface area contributed by atoms with E-state index in [1.807, 2.05) is 6.07 Å². The van der Waals surface area contributed by atoms with Gasteiger partial charge in [0, 0.05) is 32.6 Å². The molecule has 2 aliphatic heterocycles.